The molecular weight excluding hydrogens is 455 g/mol. The van der Waals surface area contributed by atoms with Crippen molar-refractivity contribution in [3.05, 3.63) is 57.6 Å². The molecule has 1 saturated heterocycles. The van der Waals surface area contributed by atoms with E-state index in [1.54, 1.807) is 4.90 Å². The lowest BCUT2D eigenvalue weighted by molar-refractivity contribution is -0.385. The smallest absolute Gasteiger partial charge is 0.378 e. The zero-order valence-electron chi connectivity index (χ0n) is 16.7. The Hall–Kier alpha value is -3.19. The molecule has 1 aliphatic rings. The number of nitrogens with zero attached hydrogens (tertiary/aromatic N) is 2. The Morgan fingerprint density at radius 1 is 1.16 bits per heavy atom. The second-order valence-corrected chi connectivity index (χ2v) is 9.04. The van der Waals surface area contributed by atoms with Crippen LogP contribution in [0.3, 0.4) is 0 Å². The highest BCUT2D eigenvalue weighted by atomic mass is 32.2. The van der Waals surface area contributed by atoms with E-state index in [1.165, 1.54) is 6.07 Å². The number of carbonyl (C=O) groups excluding carboxylic acids is 1. The quantitative estimate of drug-likeness (QED) is 0.524. The van der Waals surface area contributed by atoms with Gasteiger partial charge in [0, 0.05) is 37.0 Å². The molecule has 1 aliphatic heterocycles. The lowest BCUT2D eigenvalue weighted by Crippen LogP contribution is -2.36. The van der Waals surface area contributed by atoms with Crippen molar-refractivity contribution in [2.24, 2.45) is 0 Å². The van der Waals surface area contributed by atoms with Crippen molar-refractivity contribution >= 4 is 32.8 Å². The average molecular weight is 473 g/mol. The third-order valence-corrected chi connectivity index (χ3v) is 5.81. The SMILES string of the molecule is CS(=O)(=O)c1cc(C(=O)Nc2cc(C(F)(F)F)ccc2N2CCOCC2)cc([N+](=O)[O-])c1. The van der Waals surface area contributed by atoms with E-state index >= 15 is 0 Å². The number of hydrogen-bond donors (Lipinski definition) is 1. The molecule has 9 nitrogen and oxygen atoms in total. The number of sulfone groups is 1. The summed E-state index contributed by atoms with van der Waals surface area (Å²) in [7, 11) is -3.89. The van der Waals surface area contributed by atoms with Crippen LogP contribution in [0.15, 0.2) is 41.3 Å². The number of morpholine rings is 1. The van der Waals surface area contributed by atoms with E-state index in [1.807, 2.05) is 0 Å². The Kier molecular flexibility index (Phi) is 6.41. The monoisotopic (exact) mass is 473 g/mol. The number of ether oxygens (including phenoxy) is 1. The molecule has 2 aromatic rings. The summed E-state index contributed by atoms with van der Waals surface area (Å²) < 4.78 is 68.7. The second kappa shape index (κ2) is 8.74. The van der Waals surface area contributed by atoms with Crippen LogP contribution < -0.4 is 10.2 Å². The number of halogens is 3. The number of nitrogens with one attached hydrogen (secondary N) is 1. The highest BCUT2D eigenvalue weighted by Crippen LogP contribution is 2.36. The molecule has 0 spiro atoms. The van der Waals surface area contributed by atoms with Gasteiger partial charge in [0.1, 0.15) is 0 Å². The molecule has 13 heteroatoms. The Bertz CT molecular complexity index is 1160. The largest absolute Gasteiger partial charge is 0.416 e. The normalized spacial score (nSPS) is 14.8. The highest BCUT2D eigenvalue weighted by molar-refractivity contribution is 7.90. The van der Waals surface area contributed by atoms with Gasteiger partial charge in [-0.1, -0.05) is 0 Å². The number of amides is 1. The zero-order chi connectivity index (χ0) is 23.7. The molecule has 172 valence electrons. The van der Waals surface area contributed by atoms with Crippen molar-refractivity contribution in [1.82, 2.24) is 0 Å². The van der Waals surface area contributed by atoms with E-state index in [2.05, 4.69) is 5.32 Å². The first-order valence-electron chi connectivity index (χ1n) is 9.21. The summed E-state index contributed by atoms with van der Waals surface area (Å²) in [5, 5.41) is 13.5. The number of nitro groups is 1. The topological polar surface area (TPSA) is 119 Å². The van der Waals surface area contributed by atoms with Crippen LogP contribution in [-0.2, 0) is 20.8 Å². The van der Waals surface area contributed by atoms with Crippen LogP contribution in [0.2, 0.25) is 0 Å². The highest BCUT2D eigenvalue weighted by Gasteiger charge is 2.32. The van der Waals surface area contributed by atoms with E-state index in [9.17, 15) is 36.5 Å². The van der Waals surface area contributed by atoms with Gasteiger partial charge < -0.3 is 15.0 Å². The number of nitro benzene ring substituents is 1. The molecule has 2 aromatic carbocycles. The first kappa shape index (κ1) is 23.5. The summed E-state index contributed by atoms with van der Waals surface area (Å²) in [6.07, 6.45) is -3.85. The fraction of sp³-hybridized carbons (Fsp3) is 0.316. The standard InChI is InChI=1S/C19H18F3N3O6S/c1-32(29,30)15-9-12(8-14(11-15)25(27)28)18(26)23-16-10-13(19(20,21)22)2-3-17(16)24-4-6-31-7-5-24/h2-3,8-11H,4-7H2,1H3,(H,23,26). The molecule has 32 heavy (non-hydrogen) atoms. The van der Waals surface area contributed by atoms with Gasteiger partial charge in [0.15, 0.2) is 9.84 Å². The van der Waals surface area contributed by atoms with E-state index in [-0.39, 0.29) is 11.3 Å². The maximum Gasteiger partial charge on any atom is 0.416 e. The average Bonchev–Trinajstić information content (AvgIpc) is 2.72. The van der Waals surface area contributed by atoms with Crippen LogP contribution in [0.1, 0.15) is 15.9 Å². The Morgan fingerprint density at radius 3 is 2.38 bits per heavy atom. The molecule has 0 unspecified atom stereocenters. The summed E-state index contributed by atoms with van der Waals surface area (Å²) >= 11 is 0. The van der Waals surface area contributed by atoms with Gasteiger partial charge in [0.2, 0.25) is 0 Å². The van der Waals surface area contributed by atoms with Gasteiger partial charge in [-0.3, -0.25) is 14.9 Å². The van der Waals surface area contributed by atoms with E-state index in [0.29, 0.717) is 32.0 Å². The van der Waals surface area contributed by atoms with Gasteiger partial charge >= 0.3 is 6.18 Å². The Labute approximate surface area is 180 Å². The first-order valence-corrected chi connectivity index (χ1v) is 11.1. The van der Waals surface area contributed by atoms with Crippen LogP contribution in [0.25, 0.3) is 0 Å². The number of rotatable bonds is 5. The molecule has 0 aromatic heterocycles. The van der Waals surface area contributed by atoms with E-state index in [0.717, 1.165) is 36.6 Å². The lowest BCUT2D eigenvalue weighted by Gasteiger charge is -2.31. The van der Waals surface area contributed by atoms with Gasteiger partial charge in [-0.2, -0.15) is 13.2 Å². The third-order valence-electron chi connectivity index (χ3n) is 4.72. The molecule has 0 aliphatic carbocycles. The molecule has 1 amide bonds. The summed E-state index contributed by atoms with van der Waals surface area (Å²) in [5.74, 6) is -0.993. The summed E-state index contributed by atoms with van der Waals surface area (Å²) in [4.78, 5) is 24.4. The van der Waals surface area contributed by atoms with Crippen molar-refractivity contribution in [2.75, 3.05) is 42.8 Å². The van der Waals surface area contributed by atoms with Gasteiger partial charge in [0.25, 0.3) is 11.6 Å². The maximum absolute atomic E-state index is 13.2. The lowest BCUT2D eigenvalue weighted by atomic mass is 10.1. The van der Waals surface area contributed by atoms with Gasteiger partial charge in [-0.15, -0.1) is 0 Å². The maximum atomic E-state index is 13.2. The molecule has 0 radical (unpaired) electrons. The van der Waals surface area contributed by atoms with Crippen LogP contribution in [0, 0.1) is 10.1 Å². The first-order chi connectivity index (χ1) is 14.9. The van der Waals surface area contributed by atoms with Crippen LogP contribution in [0.5, 0.6) is 0 Å². The van der Waals surface area contributed by atoms with E-state index in [4.69, 9.17) is 4.74 Å². The fourth-order valence-corrected chi connectivity index (χ4v) is 3.80. The molecular formula is C19H18F3N3O6S. The van der Waals surface area contributed by atoms with Crippen molar-refractivity contribution < 1.29 is 36.0 Å². The molecule has 0 bridgehead atoms. The number of non-ortho nitro benzene ring substituents is 1. The van der Waals surface area contributed by atoms with Crippen molar-refractivity contribution in [1.29, 1.82) is 0 Å². The number of benzene rings is 2. The molecule has 1 N–H and O–H groups in total. The predicted molar refractivity (Wildman–Crippen MR) is 109 cm³/mol. The summed E-state index contributed by atoms with van der Waals surface area (Å²) in [5.41, 5.74) is -1.89. The minimum atomic E-state index is -4.67. The summed E-state index contributed by atoms with van der Waals surface area (Å²) in [6, 6.07) is 5.45. The number of anilines is 2. The molecule has 0 saturated carbocycles. The Balaban J connectivity index is 2.04. The fourth-order valence-electron chi connectivity index (χ4n) is 3.12. The van der Waals surface area contributed by atoms with Gasteiger partial charge in [-0.25, -0.2) is 8.42 Å². The second-order valence-electron chi connectivity index (χ2n) is 7.03. The number of alkyl halides is 3. The van der Waals surface area contributed by atoms with Crippen LogP contribution in [0.4, 0.5) is 30.2 Å². The van der Waals surface area contributed by atoms with Crippen LogP contribution in [-0.4, -0.2) is 51.8 Å². The van der Waals surface area contributed by atoms with Gasteiger partial charge in [-0.05, 0) is 24.3 Å². The number of hydrogen-bond acceptors (Lipinski definition) is 7. The molecule has 0 atom stereocenters. The summed E-state index contributed by atoms with van der Waals surface area (Å²) in [6.45, 7) is 1.44. The van der Waals surface area contributed by atoms with E-state index < -0.39 is 43.0 Å². The van der Waals surface area contributed by atoms with Gasteiger partial charge in [0.05, 0.1) is 40.0 Å². The van der Waals surface area contributed by atoms with Crippen molar-refractivity contribution in [3.8, 4) is 0 Å². The Morgan fingerprint density at radius 2 is 1.81 bits per heavy atom. The minimum Gasteiger partial charge on any atom is -0.378 e. The third kappa shape index (κ3) is 5.34. The van der Waals surface area contributed by atoms with Crippen LogP contribution >= 0.6 is 0 Å². The predicted octanol–water partition coefficient (Wildman–Crippen LogP) is 3.11. The molecule has 1 heterocycles. The molecule has 3 rings (SSSR count). The van der Waals surface area contributed by atoms with Crippen molar-refractivity contribution in [3.63, 3.8) is 0 Å². The minimum absolute atomic E-state index is 0.167. The number of carbonyl (C=O) groups is 1. The molecule has 1 fully saturated rings. The van der Waals surface area contributed by atoms with Crippen molar-refractivity contribution in [2.45, 2.75) is 11.1 Å². The zero-order valence-corrected chi connectivity index (χ0v) is 17.5.